The first-order valence-electron chi connectivity index (χ1n) is 6.23. The van der Waals surface area contributed by atoms with Crippen LogP contribution in [0.1, 0.15) is 26.3 Å². The molecule has 5 heteroatoms. The SMILES string of the molecule is COc1cc(CNC(C)C)ccc1OC(C)C(=O)O. The van der Waals surface area contributed by atoms with E-state index in [0.29, 0.717) is 17.5 Å². The molecule has 1 unspecified atom stereocenters. The minimum absolute atomic E-state index is 0.397. The molecule has 0 aliphatic rings. The van der Waals surface area contributed by atoms with Crippen LogP contribution in [0, 0.1) is 0 Å². The molecule has 0 saturated heterocycles. The Bertz CT molecular complexity index is 431. The molecule has 0 aromatic heterocycles. The summed E-state index contributed by atoms with van der Waals surface area (Å²) in [6.45, 7) is 6.35. The Balaban J connectivity index is 2.81. The molecule has 1 aromatic carbocycles. The van der Waals surface area contributed by atoms with Crippen LogP contribution in [0.25, 0.3) is 0 Å². The summed E-state index contributed by atoms with van der Waals surface area (Å²) >= 11 is 0. The number of methoxy groups -OCH3 is 1. The van der Waals surface area contributed by atoms with Crippen molar-refractivity contribution in [1.82, 2.24) is 5.32 Å². The van der Waals surface area contributed by atoms with E-state index in [9.17, 15) is 4.79 Å². The average Bonchev–Trinajstić information content (AvgIpc) is 2.37. The van der Waals surface area contributed by atoms with E-state index in [1.807, 2.05) is 12.1 Å². The van der Waals surface area contributed by atoms with Gasteiger partial charge in [0.25, 0.3) is 0 Å². The predicted octanol–water partition coefficient (Wildman–Crippen LogP) is 2.05. The van der Waals surface area contributed by atoms with Crippen LogP contribution in [-0.4, -0.2) is 30.3 Å². The zero-order valence-corrected chi connectivity index (χ0v) is 11.8. The van der Waals surface area contributed by atoms with Crippen LogP contribution in [0.15, 0.2) is 18.2 Å². The zero-order chi connectivity index (χ0) is 14.4. The van der Waals surface area contributed by atoms with Crippen LogP contribution in [0.5, 0.6) is 11.5 Å². The number of carboxylic acid groups (broad SMARTS) is 1. The molecule has 0 saturated carbocycles. The van der Waals surface area contributed by atoms with Gasteiger partial charge >= 0.3 is 5.97 Å². The van der Waals surface area contributed by atoms with Gasteiger partial charge in [0.1, 0.15) is 0 Å². The Morgan fingerprint density at radius 2 is 2.00 bits per heavy atom. The van der Waals surface area contributed by atoms with E-state index < -0.39 is 12.1 Å². The standard InChI is InChI=1S/C14H21NO4/c1-9(2)15-8-11-5-6-12(13(7-11)18-4)19-10(3)14(16)17/h5-7,9-10,15H,8H2,1-4H3,(H,16,17). The highest BCUT2D eigenvalue weighted by molar-refractivity contribution is 5.72. The van der Waals surface area contributed by atoms with Crippen molar-refractivity contribution in [2.24, 2.45) is 0 Å². The molecule has 1 atom stereocenters. The third-order valence-electron chi connectivity index (χ3n) is 2.59. The van der Waals surface area contributed by atoms with Gasteiger partial charge in [-0.05, 0) is 24.6 Å². The van der Waals surface area contributed by atoms with E-state index in [0.717, 1.165) is 12.1 Å². The Morgan fingerprint density at radius 3 is 2.53 bits per heavy atom. The highest BCUT2D eigenvalue weighted by Crippen LogP contribution is 2.29. The number of nitrogens with one attached hydrogen (secondary N) is 1. The summed E-state index contributed by atoms with van der Waals surface area (Å²) in [4.78, 5) is 10.8. The largest absolute Gasteiger partial charge is 0.493 e. The van der Waals surface area contributed by atoms with Crippen LogP contribution >= 0.6 is 0 Å². The van der Waals surface area contributed by atoms with E-state index in [1.165, 1.54) is 14.0 Å². The van der Waals surface area contributed by atoms with Crippen molar-refractivity contribution >= 4 is 5.97 Å². The van der Waals surface area contributed by atoms with E-state index in [4.69, 9.17) is 14.6 Å². The van der Waals surface area contributed by atoms with Crippen LogP contribution in [0.4, 0.5) is 0 Å². The van der Waals surface area contributed by atoms with Crippen LogP contribution in [0.2, 0.25) is 0 Å². The molecule has 106 valence electrons. The topological polar surface area (TPSA) is 67.8 Å². The lowest BCUT2D eigenvalue weighted by molar-refractivity contribution is -0.144. The van der Waals surface area contributed by atoms with E-state index in [1.54, 1.807) is 6.07 Å². The molecule has 0 aliphatic carbocycles. The molecule has 0 bridgehead atoms. The molecule has 1 rings (SSSR count). The van der Waals surface area contributed by atoms with Crippen LogP contribution in [0.3, 0.4) is 0 Å². The summed E-state index contributed by atoms with van der Waals surface area (Å²) in [5.41, 5.74) is 1.06. The number of rotatable bonds is 7. The predicted molar refractivity (Wildman–Crippen MR) is 72.7 cm³/mol. The molecule has 0 aliphatic heterocycles. The van der Waals surface area contributed by atoms with Crippen molar-refractivity contribution < 1.29 is 19.4 Å². The fourth-order valence-electron chi connectivity index (χ4n) is 1.48. The summed E-state index contributed by atoms with van der Waals surface area (Å²) in [5.74, 6) is -0.0329. The molecule has 0 spiro atoms. The van der Waals surface area contributed by atoms with Gasteiger partial charge in [0.15, 0.2) is 17.6 Å². The summed E-state index contributed by atoms with van der Waals surface area (Å²) in [6, 6.07) is 5.87. The minimum atomic E-state index is -1.01. The second-order valence-electron chi connectivity index (χ2n) is 4.62. The van der Waals surface area contributed by atoms with E-state index >= 15 is 0 Å². The number of ether oxygens (including phenoxy) is 2. The maximum atomic E-state index is 10.8. The van der Waals surface area contributed by atoms with Crippen molar-refractivity contribution in [3.63, 3.8) is 0 Å². The molecule has 0 heterocycles. The van der Waals surface area contributed by atoms with Gasteiger partial charge in [-0.15, -0.1) is 0 Å². The van der Waals surface area contributed by atoms with Gasteiger partial charge in [0, 0.05) is 12.6 Å². The van der Waals surface area contributed by atoms with Crippen LogP contribution < -0.4 is 14.8 Å². The van der Waals surface area contributed by atoms with Crippen molar-refractivity contribution in [2.45, 2.75) is 39.5 Å². The first kappa shape index (κ1) is 15.3. The van der Waals surface area contributed by atoms with E-state index in [-0.39, 0.29) is 0 Å². The highest BCUT2D eigenvalue weighted by atomic mass is 16.5. The molecular weight excluding hydrogens is 246 g/mol. The van der Waals surface area contributed by atoms with Gasteiger partial charge in [-0.1, -0.05) is 19.9 Å². The maximum absolute atomic E-state index is 10.8. The average molecular weight is 267 g/mol. The molecular formula is C14H21NO4. The highest BCUT2D eigenvalue weighted by Gasteiger charge is 2.15. The number of aliphatic carboxylic acids is 1. The number of carboxylic acids is 1. The number of hydrogen-bond donors (Lipinski definition) is 2. The molecule has 0 amide bonds. The van der Waals surface area contributed by atoms with Gasteiger partial charge in [-0.3, -0.25) is 0 Å². The molecule has 2 N–H and O–H groups in total. The van der Waals surface area contributed by atoms with Crippen molar-refractivity contribution in [3.8, 4) is 11.5 Å². The van der Waals surface area contributed by atoms with Crippen molar-refractivity contribution in [3.05, 3.63) is 23.8 Å². The summed E-state index contributed by atoms with van der Waals surface area (Å²) < 4.78 is 10.6. The lowest BCUT2D eigenvalue weighted by Crippen LogP contribution is -2.23. The third kappa shape index (κ3) is 4.79. The normalized spacial score (nSPS) is 12.3. The lowest BCUT2D eigenvalue weighted by Gasteiger charge is -2.15. The van der Waals surface area contributed by atoms with Crippen LogP contribution in [-0.2, 0) is 11.3 Å². The smallest absolute Gasteiger partial charge is 0.344 e. The Morgan fingerprint density at radius 1 is 1.32 bits per heavy atom. The van der Waals surface area contributed by atoms with Gasteiger partial charge in [0.05, 0.1) is 7.11 Å². The summed E-state index contributed by atoms with van der Waals surface area (Å²) in [7, 11) is 1.54. The maximum Gasteiger partial charge on any atom is 0.344 e. The number of carbonyl (C=O) groups is 1. The Kier molecular flexibility index (Phi) is 5.63. The quantitative estimate of drug-likeness (QED) is 0.791. The minimum Gasteiger partial charge on any atom is -0.493 e. The fraction of sp³-hybridized carbons (Fsp3) is 0.500. The van der Waals surface area contributed by atoms with Gasteiger partial charge in [-0.2, -0.15) is 0 Å². The monoisotopic (exact) mass is 267 g/mol. The van der Waals surface area contributed by atoms with Gasteiger partial charge in [0.2, 0.25) is 0 Å². The second-order valence-corrected chi connectivity index (χ2v) is 4.62. The fourth-order valence-corrected chi connectivity index (χ4v) is 1.48. The molecule has 1 aromatic rings. The number of hydrogen-bond acceptors (Lipinski definition) is 4. The first-order chi connectivity index (χ1) is 8.93. The summed E-state index contributed by atoms with van der Waals surface area (Å²) in [5, 5.41) is 12.1. The zero-order valence-electron chi connectivity index (χ0n) is 11.8. The van der Waals surface area contributed by atoms with Crippen molar-refractivity contribution in [2.75, 3.05) is 7.11 Å². The molecule has 0 radical (unpaired) electrons. The van der Waals surface area contributed by atoms with Gasteiger partial charge < -0.3 is 19.9 Å². The summed E-state index contributed by atoms with van der Waals surface area (Å²) in [6.07, 6.45) is -0.909. The first-order valence-corrected chi connectivity index (χ1v) is 6.23. The van der Waals surface area contributed by atoms with E-state index in [2.05, 4.69) is 19.2 Å². The van der Waals surface area contributed by atoms with Crippen molar-refractivity contribution in [1.29, 1.82) is 0 Å². The second kappa shape index (κ2) is 6.99. The lowest BCUT2D eigenvalue weighted by atomic mass is 10.2. The molecule has 5 nitrogen and oxygen atoms in total. The third-order valence-corrected chi connectivity index (χ3v) is 2.59. The van der Waals surface area contributed by atoms with Gasteiger partial charge in [-0.25, -0.2) is 4.79 Å². The molecule has 0 fully saturated rings. The Hall–Kier alpha value is -1.75. The Labute approximate surface area is 113 Å². The molecule has 19 heavy (non-hydrogen) atoms. The number of benzene rings is 1.